The number of nitrogens with two attached hydrogens (primary N) is 1. The maximum atomic E-state index is 10.8. The number of carbonyl (C=O) groups is 1. The van der Waals surface area contributed by atoms with Crippen molar-refractivity contribution in [1.82, 2.24) is 0 Å². The van der Waals surface area contributed by atoms with Crippen LogP contribution in [-0.2, 0) is 4.79 Å². The molecule has 76 valence electrons. The summed E-state index contributed by atoms with van der Waals surface area (Å²) in [7, 11) is 0. The third kappa shape index (κ3) is 1.70. The van der Waals surface area contributed by atoms with Crippen LogP contribution in [0.5, 0.6) is 0 Å². The van der Waals surface area contributed by atoms with Crippen LogP contribution >= 0.6 is 0 Å². The van der Waals surface area contributed by atoms with Gasteiger partial charge in [-0.3, -0.25) is 4.79 Å². The van der Waals surface area contributed by atoms with Crippen molar-refractivity contribution < 1.29 is 9.90 Å². The minimum absolute atomic E-state index is 0.0835. The quantitative estimate of drug-likeness (QED) is 0.702. The first-order valence-corrected chi connectivity index (χ1v) is 4.85. The van der Waals surface area contributed by atoms with Gasteiger partial charge in [0.1, 0.15) is 0 Å². The Balaban J connectivity index is 2.85. The van der Waals surface area contributed by atoms with Gasteiger partial charge >= 0.3 is 5.97 Å². The predicted octanol–water partition coefficient (Wildman–Crippen LogP) is 1.62. The van der Waals surface area contributed by atoms with Gasteiger partial charge < -0.3 is 10.8 Å². The van der Waals surface area contributed by atoms with Crippen molar-refractivity contribution in [1.29, 1.82) is 0 Å². The second-order valence-electron chi connectivity index (χ2n) is 4.79. The molecular weight excluding hydrogens is 166 g/mol. The number of hydrogen-bond donors (Lipinski definition) is 2. The molecule has 0 amide bonds. The van der Waals surface area contributed by atoms with Crippen LogP contribution in [0.2, 0.25) is 0 Å². The second-order valence-corrected chi connectivity index (χ2v) is 4.79. The molecule has 0 aromatic carbocycles. The van der Waals surface area contributed by atoms with E-state index in [0.717, 1.165) is 19.3 Å². The van der Waals surface area contributed by atoms with Crippen LogP contribution in [-0.4, -0.2) is 17.6 Å². The molecule has 0 heterocycles. The van der Waals surface area contributed by atoms with Crippen molar-refractivity contribution in [2.24, 2.45) is 16.6 Å². The summed E-state index contributed by atoms with van der Waals surface area (Å²) in [6.07, 6.45) is 3.38. The highest BCUT2D eigenvalue weighted by Crippen LogP contribution is 2.53. The maximum absolute atomic E-state index is 10.8. The third-order valence-corrected chi connectivity index (χ3v) is 3.77. The molecule has 0 aromatic rings. The normalized spacial score (nSPS) is 31.9. The lowest BCUT2D eigenvalue weighted by Gasteiger charge is -2.39. The molecule has 0 bridgehead atoms. The van der Waals surface area contributed by atoms with E-state index in [4.69, 9.17) is 10.8 Å². The summed E-state index contributed by atoms with van der Waals surface area (Å²) in [6.45, 7) is 4.76. The summed E-state index contributed by atoms with van der Waals surface area (Å²) in [5.74, 6) is -0.722. The van der Waals surface area contributed by atoms with Crippen LogP contribution in [0, 0.1) is 10.8 Å². The summed E-state index contributed by atoms with van der Waals surface area (Å²) in [5.41, 5.74) is 5.65. The van der Waals surface area contributed by atoms with E-state index in [1.54, 1.807) is 0 Å². The largest absolute Gasteiger partial charge is 0.481 e. The molecule has 1 saturated carbocycles. The molecule has 3 heteroatoms. The molecule has 0 spiro atoms. The summed E-state index contributed by atoms with van der Waals surface area (Å²) in [6, 6.07) is 0. The van der Waals surface area contributed by atoms with Gasteiger partial charge in [0, 0.05) is 0 Å². The molecular formula is C10H19NO2. The molecule has 1 atom stereocenters. The number of rotatable bonds is 3. The molecule has 1 rings (SSSR count). The van der Waals surface area contributed by atoms with Crippen LogP contribution in [0.1, 0.15) is 39.5 Å². The Morgan fingerprint density at radius 1 is 1.46 bits per heavy atom. The lowest BCUT2D eigenvalue weighted by atomic mass is 9.66. The van der Waals surface area contributed by atoms with Gasteiger partial charge in [-0.1, -0.05) is 20.3 Å². The second kappa shape index (κ2) is 3.29. The molecule has 13 heavy (non-hydrogen) atoms. The van der Waals surface area contributed by atoms with Crippen molar-refractivity contribution in [2.45, 2.75) is 39.5 Å². The van der Waals surface area contributed by atoms with Gasteiger partial charge in [0.2, 0.25) is 0 Å². The Kier molecular flexibility index (Phi) is 2.66. The smallest absolute Gasteiger partial charge is 0.303 e. The van der Waals surface area contributed by atoms with Crippen molar-refractivity contribution in [3.05, 3.63) is 0 Å². The van der Waals surface area contributed by atoms with Gasteiger partial charge in [0.25, 0.3) is 0 Å². The van der Waals surface area contributed by atoms with Crippen molar-refractivity contribution in [2.75, 3.05) is 6.54 Å². The van der Waals surface area contributed by atoms with Gasteiger partial charge in [-0.2, -0.15) is 0 Å². The maximum Gasteiger partial charge on any atom is 0.303 e. The van der Waals surface area contributed by atoms with Crippen LogP contribution in [0.4, 0.5) is 0 Å². The Hall–Kier alpha value is -0.570. The van der Waals surface area contributed by atoms with E-state index in [1.807, 2.05) is 0 Å². The molecule has 0 saturated heterocycles. The van der Waals surface area contributed by atoms with E-state index in [1.165, 1.54) is 0 Å². The topological polar surface area (TPSA) is 63.3 Å². The van der Waals surface area contributed by atoms with E-state index in [0.29, 0.717) is 6.54 Å². The molecule has 0 unspecified atom stereocenters. The lowest BCUT2D eigenvalue weighted by Crippen LogP contribution is -2.41. The molecule has 1 fully saturated rings. The zero-order valence-electron chi connectivity index (χ0n) is 8.47. The molecule has 1 aliphatic rings. The molecule has 3 nitrogen and oxygen atoms in total. The first kappa shape index (κ1) is 10.5. The van der Waals surface area contributed by atoms with Gasteiger partial charge in [0.05, 0.1) is 6.42 Å². The lowest BCUT2D eigenvalue weighted by molar-refractivity contribution is -0.141. The third-order valence-electron chi connectivity index (χ3n) is 3.77. The van der Waals surface area contributed by atoms with E-state index >= 15 is 0 Å². The Morgan fingerprint density at radius 2 is 2.08 bits per heavy atom. The Morgan fingerprint density at radius 3 is 2.38 bits per heavy atom. The molecule has 3 N–H and O–H groups in total. The van der Waals surface area contributed by atoms with Crippen molar-refractivity contribution in [3.8, 4) is 0 Å². The van der Waals surface area contributed by atoms with Crippen LogP contribution in [0.15, 0.2) is 0 Å². The summed E-state index contributed by atoms with van der Waals surface area (Å²) >= 11 is 0. The van der Waals surface area contributed by atoms with Crippen LogP contribution in [0.25, 0.3) is 0 Å². The SMILES string of the molecule is CC1(C)CCC[C@]1(CN)CC(=O)O. The molecule has 0 aliphatic heterocycles. The first-order chi connectivity index (χ1) is 5.93. The number of aliphatic carboxylic acids is 1. The Bertz CT molecular complexity index is 213. The first-order valence-electron chi connectivity index (χ1n) is 4.85. The van der Waals surface area contributed by atoms with Crippen molar-refractivity contribution in [3.63, 3.8) is 0 Å². The summed E-state index contributed by atoms with van der Waals surface area (Å²) in [5, 5.41) is 8.85. The van der Waals surface area contributed by atoms with Gasteiger partial charge in [-0.25, -0.2) is 0 Å². The van der Waals surface area contributed by atoms with E-state index in [2.05, 4.69) is 13.8 Å². The fourth-order valence-corrected chi connectivity index (χ4v) is 2.54. The monoisotopic (exact) mass is 185 g/mol. The number of carboxylic acids is 1. The van der Waals surface area contributed by atoms with Crippen LogP contribution in [0.3, 0.4) is 0 Å². The molecule has 1 aliphatic carbocycles. The average molecular weight is 185 g/mol. The predicted molar refractivity (Wildman–Crippen MR) is 51.4 cm³/mol. The zero-order chi connectivity index (χ0) is 10.1. The van der Waals surface area contributed by atoms with E-state index < -0.39 is 5.97 Å². The fraction of sp³-hybridized carbons (Fsp3) is 0.900. The highest BCUT2D eigenvalue weighted by atomic mass is 16.4. The van der Waals surface area contributed by atoms with E-state index in [-0.39, 0.29) is 17.3 Å². The average Bonchev–Trinajstić information content (AvgIpc) is 2.27. The van der Waals surface area contributed by atoms with Crippen LogP contribution < -0.4 is 5.73 Å². The fourth-order valence-electron chi connectivity index (χ4n) is 2.54. The van der Waals surface area contributed by atoms with Gasteiger partial charge in [-0.15, -0.1) is 0 Å². The van der Waals surface area contributed by atoms with Gasteiger partial charge in [0.15, 0.2) is 0 Å². The standard InChI is InChI=1S/C10H19NO2/c1-9(2)4-3-5-10(9,7-11)6-8(12)13/h3-7,11H2,1-2H3,(H,12,13)/t10-/m1/s1. The number of carboxylic acid groups (broad SMARTS) is 1. The van der Waals surface area contributed by atoms with E-state index in [9.17, 15) is 4.79 Å². The zero-order valence-corrected chi connectivity index (χ0v) is 8.47. The highest BCUT2D eigenvalue weighted by Gasteiger charge is 2.48. The minimum Gasteiger partial charge on any atom is -0.481 e. The summed E-state index contributed by atoms with van der Waals surface area (Å²) in [4.78, 5) is 10.8. The summed E-state index contributed by atoms with van der Waals surface area (Å²) < 4.78 is 0. The van der Waals surface area contributed by atoms with Gasteiger partial charge in [-0.05, 0) is 30.2 Å². The van der Waals surface area contributed by atoms with Crippen molar-refractivity contribution >= 4 is 5.97 Å². The molecule has 0 aromatic heterocycles. The molecule has 0 radical (unpaired) electrons. The number of hydrogen-bond acceptors (Lipinski definition) is 2. The highest BCUT2D eigenvalue weighted by molar-refractivity contribution is 5.68. The Labute approximate surface area is 79.3 Å². The minimum atomic E-state index is -0.722.